The fourth-order valence-electron chi connectivity index (χ4n) is 2.42. The first-order chi connectivity index (χ1) is 12.2. The maximum atomic E-state index is 12.5. The van der Waals surface area contributed by atoms with Gasteiger partial charge in [0.1, 0.15) is 17.1 Å². The zero-order chi connectivity index (χ0) is 19.4. The zero-order valence-corrected chi connectivity index (χ0v) is 15.4. The van der Waals surface area contributed by atoms with Crippen molar-refractivity contribution in [1.29, 1.82) is 0 Å². The second-order valence-corrected chi connectivity index (χ2v) is 6.19. The van der Waals surface area contributed by atoms with Crippen LogP contribution in [0, 0.1) is 24.0 Å². The number of alkyl halides is 2. The van der Waals surface area contributed by atoms with Crippen LogP contribution in [0.3, 0.4) is 0 Å². The van der Waals surface area contributed by atoms with Crippen LogP contribution in [0.2, 0.25) is 0 Å². The first kappa shape index (κ1) is 19.8. The smallest absolute Gasteiger partial charge is 0.387 e. The van der Waals surface area contributed by atoms with Crippen molar-refractivity contribution in [3.05, 3.63) is 49.7 Å². The highest BCUT2D eigenvalue weighted by Crippen LogP contribution is 2.25. The monoisotopic (exact) mass is 432 g/mol. The molecular weight excluding hydrogens is 418 g/mol. The van der Waals surface area contributed by atoms with Gasteiger partial charge in [-0.1, -0.05) is 15.9 Å². The molecule has 0 radical (unpaired) electrons. The summed E-state index contributed by atoms with van der Waals surface area (Å²) in [4.78, 5) is 22.7. The van der Waals surface area contributed by atoms with Crippen molar-refractivity contribution in [2.45, 2.75) is 27.0 Å². The van der Waals surface area contributed by atoms with Crippen molar-refractivity contribution in [3.8, 4) is 5.75 Å². The molecule has 8 nitrogen and oxygen atoms in total. The number of ether oxygens (including phenoxy) is 1. The van der Waals surface area contributed by atoms with Crippen LogP contribution >= 0.6 is 15.9 Å². The highest BCUT2D eigenvalue weighted by molar-refractivity contribution is 9.10. The van der Waals surface area contributed by atoms with Crippen molar-refractivity contribution in [2.24, 2.45) is 0 Å². The Morgan fingerprint density at radius 2 is 2.15 bits per heavy atom. The number of benzene rings is 1. The Hall–Kier alpha value is -2.56. The van der Waals surface area contributed by atoms with E-state index in [0.717, 1.165) is 0 Å². The van der Waals surface area contributed by atoms with Gasteiger partial charge < -0.3 is 10.1 Å². The van der Waals surface area contributed by atoms with Crippen LogP contribution in [0.15, 0.2) is 22.7 Å². The third-order valence-corrected chi connectivity index (χ3v) is 4.03. The van der Waals surface area contributed by atoms with Crippen LogP contribution in [0.5, 0.6) is 5.75 Å². The van der Waals surface area contributed by atoms with Gasteiger partial charge in [0, 0.05) is 11.0 Å². The van der Waals surface area contributed by atoms with Crippen molar-refractivity contribution in [1.82, 2.24) is 15.1 Å². The van der Waals surface area contributed by atoms with Crippen LogP contribution < -0.4 is 10.1 Å². The molecule has 1 amide bonds. The molecule has 0 spiro atoms. The van der Waals surface area contributed by atoms with E-state index in [-0.39, 0.29) is 35.8 Å². The van der Waals surface area contributed by atoms with Crippen molar-refractivity contribution >= 4 is 27.5 Å². The fraction of sp³-hybridized carbons (Fsp3) is 0.333. The number of amides is 1. The van der Waals surface area contributed by atoms with E-state index in [9.17, 15) is 23.7 Å². The largest absolute Gasteiger partial charge is 0.434 e. The average Bonchev–Trinajstić information content (AvgIpc) is 2.82. The van der Waals surface area contributed by atoms with Crippen LogP contribution in [-0.4, -0.2) is 33.8 Å². The molecule has 0 aliphatic heterocycles. The van der Waals surface area contributed by atoms with Gasteiger partial charge >= 0.3 is 12.3 Å². The Morgan fingerprint density at radius 3 is 2.73 bits per heavy atom. The van der Waals surface area contributed by atoms with Gasteiger partial charge in [0.15, 0.2) is 0 Å². The van der Waals surface area contributed by atoms with Gasteiger partial charge in [0.2, 0.25) is 0 Å². The molecule has 0 saturated heterocycles. The summed E-state index contributed by atoms with van der Waals surface area (Å²) in [6, 6.07) is 4.10. The van der Waals surface area contributed by atoms with Crippen molar-refractivity contribution < 1.29 is 23.2 Å². The highest BCUT2D eigenvalue weighted by Gasteiger charge is 2.22. The predicted molar refractivity (Wildman–Crippen MR) is 91.5 cm³/mol. The second kappa shape index (κ2) is 8.21. The van der Waals surface area contributed by atoms with Crippen LogP contribution in [-0.2, 0) is 6.54 Å². The molecule has 0 aliphatic carbocycles. The van der Waals surface area contributed by atoms with Gasteiger partial charge in [-0.2, -0.15) is 13.9 Å². The van der Waals surface area contributed by atoms with Crippen LogP contribution in [0.1, 0.15) is 21.7 Å². The minimum atomic E-state index is -3.06. The minimum Gasteiger partial charge on any atom is -0.434 e. The lowest BCUT2D eigenvalue weighted by molar-refractivity contribution is -0.386. The SMILES string of the molecule is Cc1nn(CCNC(=O)c2cc(Br)ccc2OC(F)F)c(C)c1[N+](=O)[O-]. The molecule has 1 N–H and O–H groups in total. The molecule has 140 valence electrons. The first-order valence-corrected chi connectivity index (χ1v) is 8.21. The van der Waals surface area contributed by atoms with Gasteiger partial charge in [0.05, 0.1) is 17.0 Å². The van der Waals surface area contributed by atoms with Gasteiger partial charge in [-0.25, -0.2) is 0 Å². The van der Waals surface area contributed by atoms with E-state index >= 15 is 0 Å². The van der Waals surface area contributed by atoms with E-state index in [1.54, 1.807) is 6.92 Å². The summed E-state index contributed by atoms with van der Waals surface area (Å²) in [7, 11) is 0. The Labute approximate surface area is 155 Å². The molecule has 1 aromatic heterocycles. The summed E-state index contributed by atoms with van der Waals surface area (Å²) in [6.45, 7) is 0.306. The summed E-state index contributed by atoms with van der Waals surface area (Å²) >= 11 is 3.17. The number of rotatable bonds is 7. The van der Waals surface area contributed by atoms with Crippen molar-refractivity contribution in [3.63, 3.8) is 0 Å². The number of halogens is 3. The van der Waals surface area contributed by atoms with E-state index in [1.807, 2.05) is 0 Å². The minimum absolute atomic E-state index is 0.0565. The molecule has 1 heterocycles. The number of hydrogen-bond acceptors (Lipinski definition) is 5. The van der Waals surface area contributed by atoms with E-state index in [4.69, 9.17) is 0 Å². The Balaban J connectivity index is 2.07. The van der Waals surface area contributed by atoms with E-state index in [1.165, 1.54) is 29.8 Å². The number of aryl methyl sites for hydroxylation is 1. The standard InChI is InChI=1S/C15H15BrF2N4O4/c1-8-13(22(24)25)9(2)21(20-8)6-5-19-14(23)11-7-10(16)3-4-12(11)26-15(17)18/h3-4,7,15H,5-6H2,1-2H3,(H,19,23). The lowest BCUT2D eigenvalue weighted by Crippen LogP contribution is -2.28. The van der Waals surface area contributed by atoms with Crippen molar-refractivity contribution in [2.75, 3.05) is 6.54 Å². The zero-order valence-electron chi connectivity index (χ0n) is 13.8. The quantitative estimate of drug-likeness (QED) is 0.534. The molecule has 1 aromatic carbocycles. The molecule has 2 aromatic rings. The third kappa shape index (κ3) is 4.54. The van der Waals surface area contributed by atoms with Gasteiger partial charge in [-0.05, 0) is 32.0 Å². The maximum Gasteiger partial charge on any atom is 0.387 e. The molecule has 0 bridgehead atoms. The maximum absolute atomic E-state index is 12.5. The predicted octanol–water partition coefficient (Wildman–Crippen LogP) is 3.20. The number of carbonyl (C=O) groups is 1. The number of nitrogens with zero attached hydrogens (tertiary/aromatic N) is 3. The molecule has 26 heavy (non-hydrogen) atoms. The summed E-state index contributed by atoms with van der Waals surface area (Å²) in [6.07, 6.45) is 0. The Bertz CT molecular complexity index is 841. The van der Waals surface area contributed by atoms with Gasteiger partial charge in [-0.3, -0.25) is 19.6 Å². The second-order valence-electron chi connectivity index (χ2n) is 5.27. The summed E-state index contributed by atoms with van der Waals surface area (Å²) in [5.41, 5.74) is 0.513. The number of nitro groups is 1. The molecule has 0 fully saturated rings. The molecule has 0 unspecified atom stereocenters. The fourth-order valence-corrected chi connectivity index (χ4v) is 2.78. The topological polar surface area (TPSA) is 99.3 Å². The molecule has 0 aliphatic rings. The molecule has 0 saturated carbocycles. The lowest BCUT2D eigenvalue weighted by Gasteiger charge is -2.12. The summed E-state index contributed by atoms with van der Waals surface area (Å²) in [5.74, 6) is -0.861. The highest BCUT2D eigenvalue weighted by atomic mass is 79.9. The number of carbonyl (C=O) groups excluding carboxylic acids is 1. The van der Waals surface area contributed by atoms with Gasteiger partial charge in [-0.15, -0.1) is 0 Å². The first-order valence-electron chi connectivity index (χ1n) is 7.41. The normalized spacial score (nSPS) is 10.8. The number of nitrogens with one attached hydrogen (secondary N) is 1. The molecule has 11 heteroatoms. The van der Waals surface area contributed by atoms with Gasteiger partial charge in [0.25, 0.3) is 5.91 Å². The molecule has 2 rings (SSSR count). The van der Waals surface area contributed by atoms with Crippen LogP contribution in [0.4, 0.5) is 14.5 Å². The molecule has 0 atom stereocenters. The average molecular weight is 433 g/mol. The lowest BCUT2D eigenvalue weighted by atomic mass is 10.2. The number of aromatic nitrogens is 2. The number of hydrogen-bond donors (Lipinski definition) is 1. The summed E-state index contributed by atoms with van der Waals surface area (Å²) in [5, 5.41) is 17.6. The molecular formula is C15H15BrF2N4O4. The van der Waals surface area contributed by atoms with E-state index in [2.05, 4.69) is 31.1 Å². The van der Waals surface area contributed by atoms with E-state index in [0.29, 0.717) is 10.2 Å². The Morgan fingerprint density at radius 1 is 1.46 bits per heavy atom. The third-order valence-electron chi connectivity index (χ3n) is 3.54. The Kier molecular flexibility index (Phi) is 6.24. The summed E-state index contributed by atoms with van der Waals surface area (Å²) < 4.78 is 31.2. The van der Waals surface area contributed by atoms with E-state index < -0.39 is 17.4 Å². The van der Waals surface area contributed by atoms with Crippen LogP contribution in [0.25, 0.3) is 0 Å².